The molecule has 0 atom stereocenters. The van der Waals surface area contributed by atoms with Crippen LogP contribution in [0.1, 0.15) is 0 Å². The van der Waals surface area contributed by atoms with E-state index in [4.69, 9.17) is 14.4 Å². The second kappa shape index (κ2) is 10.9. The van der Waals surface area contributed by atoms with E-state index < -0.39 is 13.3 Å². The van der Waals surface area contributed by atoms with Gasteiger partial charge in [0.25, 0.3) is 0 Å². The molecular weight excluding hydrogens is 683 g/mol. The Hall–Kier alpha value is -6.24. The van der Waals surface area contributed by atoms with E-state index in [1.807, 2.05) is 12.1 Å². The van der Waals surface area contributed by atoms with E-state index in [2.05, 4.69) is 168 Å². The van der Waals surface area contributed by atoms with E-state index in [-0.39, 0.29) is 0 Å². The molecule has 238 valence electrons. The molecule has 0 amide bonds. The van der Waals surface area contributed by atoms with E-state index >= 15 is 0 Å². The number of fused-ring (bicyclic) bond motifs is 9. The number of para-hydroxylation sites is 2. The van der Waals surface area contributed by atoms with Gasteiger partial charge in [-0.05, 0) is 0 Å². The van der Waals surface area contributed by atoms with Crippen molar-refractivity contribution >= 4 is 74.7 Å². The summed E-state index contributed by atoms with van der Waals surface area (Å²) in [7, 11) is 0. The summed E-state index contributed by atoms with van der Waals surface area (Å²) in [5.41, 5.74) is 7.24. The maximum atomic E-state index is 6.50. The summed E-state index contributed by atoms with van der Waals surface area (Å²) in [5, 5.41) is 4.59. The van der Waals surface area contributed by atoms with Gasteiger partial charge in [-0.2, -0.15) is 0 Å². The first-order chi connectivity index (χ1) is 25.3. The first-order valence-corrected chi connectivity index (χ1v) is 21.5. The molecule has 0 bridgehead atoms. The molecule has 0 fully saturated rings. The Bertz CT molecular complexity index is 2930. The van der Waals surface area contributed by atoms with E-state index in [0.29, 0.717) is 0 Å². The average Bonchev–Trinajstić information content (AvgIpc) is 3.83. The molecule has 0 saturated carbocycles. The van der Waals surface area contributed by atoms with Crippen LogP contribution in [0.2, 0.25) is 0 Å². The molecule has 0 unspecified atom stereocenters. The van der Waals surface area contributed by atoms with Crippen LogP contribution >= 0.6 is 0 Å². The Morgan fingerprint density at radius 3 is 1.86 bits per heavy atom. The third kappa shape index (κ3) is 3.96. The van der Waals surface area contributed by atoms with Gasteiger partial charge in [0, 0.05) is 0 Å². The van der Waals surface area contributed by atoms with Crippen LogP contribution in [0.4, 0.5) is 0 Å². The SMILES string of the molecule is c1ccc(-c2nc(-n3c4ccccc4c4cc5c(cc43)oc3ccccc35)c3[c](n2)[Ge]([c]2ccccc2)([c]2ccccc2)[c]2ccccc2-3)cc1. The molecule has 0 N–H and O–H groups in total. The van der Waals surface area contributed by atoms with Gasteiger partial charge in [0.05, 0.1) is 0 Å². The zero-order valence-electron chi connectivity index (χ0n) is 27.5. The number of aromatic nitrogens is 3. The summed E-state index contributed by atoms with van der Waals surface area (Å²) < 4.78 is 14.1. The molecule has 10 aromatic rings. The van der Waals surface area contributed by atoms with Crippen LogP contribution in [0.3, 0.4) is 0 Å². The van der Waals surface area contributed by atoms with Gasteiger partial charge in [-0.3, -0.25) is 0 Å². The van der Waals surface area contributed by atoms with Gasteiger partial charge < -0.3 is 0 Å². The molecule has 0 radical (unpaired) electrons. The minimum atomic E-state index is -3.70. The van der Waals surface area contributed by atoms with Gasteiger partial charge >= 0.3 is 298 Å². The van der Waals surface area contributed by atoms with Crippen LogP contribution in [0, 0.1) is 0 Å². The van der Waals surface area contributed by atoms with E-state index in [9.17, 15) is 0 Å². The fraction of sp³-hybridized carbons (Fsp3) is 0. The fourth-order valence-corrected chi connectivity index (χ4v) is 19.0. The molecule has 1 aliphatic heterocycles. The van der Waals surface area contributed by atoms with Crippen LogP contribution in [0.5, 0.6) is 0 Å². The summed E-state index contributed by atoms with van der Waals surface area (Å²) in [4.78, 5) is 11.3. The van der Waals surface area contributed by atoms with Gasteiger partial charge in [0.1, 0.15) is 0 Å². The molecule has 4 heterocycles. The van der Waals surface area contributed by atoms with Crippen molar-refractivity contribution in [3.05, 3.63) is 176 Å². The zero-order valence-corrected chi connectivity index (χ0v) is 29.6. The Morgan fingerprint density at radius 1 is 0.471 bits per heavy atom. The number of hydrogen-bond donors (Lipinski definition) is 0. The van der Waals surface area contributed by atoms with Gasteiger partial charge in [-0.1, -0.05) is 0 Å². The van der Waals surface area contributed by atoms with Crippen molar-refractivity contribution in [2.75, 3.05) is 0 Å². The second-order valence-electron chi connectivity index (χ2n) is 13.3. The molecule has 0 saturated heterocycles. The molecule has 5 heteroatoms. The molecule has 1 aliphatic rings. The summed E-state index contributed by atoms with van der Waals surface area (Å²) in [6, 6.07) is 63.2. The molecule has 0 aliphatic carbocycles. The van der Waals surface area contributed by atoms with Gasteiger partial charge in [0.2, 0.25) is 0 Å². The predicted molar refractivity (Wildman–Crippen MR) is 212 cm³/mol. The van der Waals surface area contributed by atoms with Crippen LogP contribution in [-0.4, -0.2) is 27.8 Å². The standard InChI is InChI=1S/C46H29GeN3O/c1-4-16-30(17-5-1)45-48-44-43(35-24-10-13-25-38(35)47(44,31-18-6-2-7-19-31)32-20-8-3-9-21-32)46(49-45)50-39-26-14-11-22-33(39)36-28-37-34-23-12-15-27-41(34)51-42(37)29-40(36)50/h1-29H. The van der Waals surface area contributed by atoms with Crippen molar-refractivity contribution < 1.29 is 4.42 Å². The average molecular weight is 712 g/mol. The number of hydrogen-bond acceptors (Lipinski definition) is 3. The van der Waals surface area contributed by atoms with Crippen molar-refractivity contribution in [1.29, 1.82) is 0 Å². The first-order valence-electron chi connectivity index (χ1n) is 17.3. The summed E-state index contributed by atoms with van der Waals surface area (Å²) in [5.74, 6) is 1.63. The minimum absolute atomic E-state index is 0.731. The topological polar surface area (TPSA) is 43.9 Å². The van der Waals surface area contributed by atoms with Crippen molar-refractivity contribution in [2.45, 2.75) is 0 Å². The second-order valence-corrected chi connectivity index (χ2v) is 21.0. The van der Waals surface area contributed by atoms with Crippen LogP contribution in [0.15, 0.2) is 180 Å². The van der Waals surface area contributed by atoms with E-state index in [1.54, 1.807) is 0 Å². The maximum absolute atomic E-state index is 6.50. The monoisotopic (exact) mass is 713 g/mol. The predicted octanol–water partition coefficient (Wildman–Crippen LogP) is 8.50. The molecule has 7 aromatic carbocycles. The molecular formula is C46H29GeN3O. The number of nitrogens with zero attached hydrogens (tertiary/aromatic N) is 3. The van der Waals surface area contributed by atoms with Crippen LogP contribution in [-0.2, 0) is 0 Å². The summed E-state index contributed by atoms with van der Waals surface area (Å²) in [6.45, 7) is 0. The summed E-state index contributed by atoms with van der Waals surface area (Å²) in [6.07, 6.45) is 0. The van der Waals surface area contributed by atoms with Crippen molar-refractivity contribution in [2.24, 2.45) is 0 Å². The van der Waals surface area contributed by atoms with Crippen molar-refractivity contribution in [1.82, 2.24) is 14.5 Å². The molecule has 0 spiro atoms. The zero-order chi connectivity index (χ0) is 33.5. The third-order valence-electron chi connectivity index (χ3n) is 10.7. The number of rotatable bonds is 4. The van der Waals surface area contributed by atoms with Crippen molar-refractivity contribution in [3.63, 3.8) is 0 Å². The Balaban J connectivity index is 1.35. The number of benzene rings is 7. The Kier molecular flexibility index (Phi) is 6.10. The van der Waals surface area contributed by atoms with Gasteiger partial charge in [-0.25, -0.2) is 0 Å². The van der Waals surface area contributed by atoms with Gasteiger partial charge in [-0.15, -0.1) is 0 Å². The quantitative estimate of drug-likeness (QED) is 0.172. The molecule has 51 heavy (non-hydrogen) atoms. The van der Waals surface area contributed by atoms with E-state index in [0.717, 1.165) is 60.3 Å². The summed E-state index contributed by atoms with van der Waals surface area (Å²) >= 11 is -3.70. The Morgan fingerprint density at radius 2 is 1.10 bits per heavy atom. The molecule has 3 aromatic heterocycles. The Labute approximate surface area is 296 Å². The van der Waals surface area contributed by atoms with Crippen LogP contribution < -0.4 is 17.7 Å². The van der Waals surface area contributed by atoms with E-state index in [1.165, 1.54) is 29.5 Å². The molecule has 4 nitrogen and oxygen atoms in total. The molecule has 11 rings (SSSR count). The first kappa shape index (κ1) is 28.6. The fourth-order valence-electron chi connectivity index (χ4n) is 8.55. The van der Waals surface area contributed by atoms with Crippen molar-refractivity contribution in [3.8, 4) is 28.3 Å². The normalized spacial score (nSPS) is 13.3. The van der Waals surface area contributed by atoms with Gasteiger partial charge in [0.15, 0.2) is 0 Å². The number of furan rings is 1. The third-order valence-corrected chi connectivity index (χ3v) is 20.6. The van der Waals surface area contributed by atoms with Crippen LogP contribution in [0.25, 0.3) is 72.1 Å².